The van der Waals surface area contributed by atoms with E-state index in [1.54, 1.807) is 11.8 Å². The molecule has 0 radical (unpaired) electrons. The highest BCUT2D eigenvalue weighted by molar-refractivity contribution is 9.10. The molecule has 0 aromatic heterocycles. The van der Waals surface area contributed by atoms with Gasteiger partial charge in [-0.05, 0) is 37.5 Å². The summed E-state index contributed by atoms with van der Waals surface area (Å²) in [5, 5.41) is 3.16. The second kappa shape index (κ2) is 8.83. The summed E-state index contributed by atoms with van der Waals surface area (Å²) < 4.78 is 6.03. The van der Waals surface area contributed by atoms with Gasteiger partial charge in [-0.2, -0.15) is 0 Å². The topological polar surface area (TPSA) is 82.7 Å². The number of ether oxygens (including phenoxy) is 1. The summed E-state index contributed by atoms with van der Waals surface area (Å²) in [7, 11) is 0. The fraction of sp³-hybridized carbons (Fsp3) is 0.556. The normalized spacial score (nSPS) is 23.7. The minimum Gasteiger partial charge on any atom is -0.450 e. The number of amides is 2. The van der Waals surface area contributed by atoms with Crippen molar-refractivity contribution in [1.82, 2.24) is 21.1 Å². The van der Waals surface area contributed by atoms with Crippen molar-refractivity contribution in [2.45, 2.75) is 31.8 Å². The van der Waals surface area contributed by atoms with Crippen molar-refractivity contribution in [2.24, 2.45) is 5.92 Å². The van der Waals surface area contributed by atoms with Crippen LogP contribution in [0, 0.1) is 5.92 Å². The highest BCUT2D eigenvalue weighted by Gasteiger charge is 2.35. The fourth-order valence-corrected chi connectivity index (χ4v) is 3.90. The van der Waals surface area contributed by atoms with Crippen LogP contribution in [0.4, 0.5) is 4.79 Å². The monoisotopic (exact) mass is 424 g/mol. The largest absolute Gasteiger partial charge is 0.450 e. The van der Waals surface area contributed by atoms with Gasteiger partial charge in [-0.15, -0.1) is 0 Å². The highest BCUT2D eigenvalue weighted by atomic mass is 79.9. The molecule has 2 fully saturated rings. The van der Waals surface area contributed by atoms with Crippen molar-refractivity contribution in [1.29, 1.82) is 0 Å². The molecule has 2 aliphatic heterocycles. The van der Waals surface area contributed by atoms with E-state index < -0.39 is 0 Å². The van der Waals surface area contributed by atoms with Gasteiger partial charge in [0.15, 0.2) is 0 Å². The Bertz CT molecular complexity index is 649. The zero-order valence-electron chi connectivity index (χ0n) is 14.8. The number of hydrogen-bond donors (Lipinski definition) is 3. The van der Waals surface area contributed by atoms with Crippen LogP contribution in [-0.4, -0.2) is 49.2 Å². The molecule has 3 rings (SSSR count). The molecule has 142 valence electrons. The number of likely N-dealkylation sites (tertiary alicyclic amines) is 1. The standard InChI is InChI=1S/C18H25BrN4O3/c1-2-26-18(25)23-8-6-14(7-9-23)21-17(24)15-11-20-22-16(15)12-4-3-5-13(19)10-12/h3-5,10,14-16,20,22H,2,6-9,11H2,1H3,(H,21,24). The van der Waals surface area contributed by atoms with Crippen LogP contribution in [0.5, 0.6) is 0 Å². The summed E-state index contributed by atoms with van der Waals surface area (Å²) in [5.74, 6) is -0.130. The lowest BCUT2D eigenvalue weighted by Crippen LogP contribution is -2.48. The van der Waals surface area contributed by atoms with Crippen molar-refractivity contribution < 1.29 is 14.3 Å². The number of nitrogens with one attached hydrogen (secondary N) is 3. The average molecular weight is 425 g/mol. The van der Waals surface area contributed by atoms with Crippen molar-refractivity contribution in [3.05, 3.63) is 34.3 Å². The lowest BCUT2D eigenvalue weighted by Gasteiger charge is -2.32. The number of piperidine rings is 1. The summed E-state index contributed by atoms with van der Waals surface area (Å²) in [6, 6.07) is 8.03. The van der Waals surface area contributed by atoms with E-state index in [9.17, 15) is 9.59 Å². The first-order valence-corrected chi connectivity index (χ1v) is 9.83. The van der Waals surface area contributed by atoms with Crippen LogP contribution < -0.4 is 16.2 Å². The fourth-order valence-electron chi connectivity index (χ4n) is 3.49. The quantitative estimate of drug-likeness (QED) is 0.687. The first kappa shape index (κ1) is 19.1. The van der Waals surface area contributed by atoms with Crippen molar-refractivity contribution in [2.75, 3.05) is 26.2 Å². The van der Waals surface area contributed by atoms with Crippen molar-refractivity contribution in [3.8, 4) is 0 Å². The number of rotatable bonds is 4. The summed E-state index contributed by atoms with van der Waals surface area (Å²) in [5.41, 5.74) is 7.37. The molecule has 0 bridgehead atoms. The number of halogens is 1. The van der Waals surface area contributed by atoms with Crippen LogP contribution in [0.15, 0.2) is 28.7 Å². The van der Waals surface area contributed by atoms with Crippen molar-refractivity contribution >= 4 is 27.9 Å². The molecule has 0 saturated carbocycles. The van der Waals surface area contributed by atoms with Gasteiger partial charge in [-0.25, -0.2) is 10.2 Å². The number of benzene rings is 1. The van der Waals surface area contributed by atoms with Crippen LogP contribution in [0.3, 0.4) is 0 Å². The minimum atomic E-state index is -0.267. The zero-order valence-corrected chi connectivity index (χ0v) is 16.4. The second-order valence-corrected chi connectivity index (χ2v) is 7.55. The Labute approximate surface area is 161 Å². The van der Waals surface area contributed by atoms with E-state index >= 15 is 0 Å². The molecule has 26 heavy (non-hydrogen) atoms. The van der Waals surface area contributed by atoms with Crippen LogP contribution in [0.2, 0.25) is 0 Å². The molecule has 2 unspecified atom stereocenters. The highest BCUT2D eigenvalue weighted by Crippen LogP contribution is 2.27. The second-order valence-electron chi connectivity index (χ2n) is 6.63. The minimum absolute atomic E-state index is 0.0436. The van der Waals surface area contributed by atoms with E-state index in [-0.39, 0.29) is 30.0 Å². The first-order chi connectivity index (χ1) is 12.6. The smallest absolute Gasteiger partial charge is 0.409 e. The predicted molar refractivity (Wildman–Crippen MR) is 101 cm³/mol. The molecular weight excluding hydrogens is 400 g/mol. The van der Waals surface area contributed by atoms with Gasteiger partial charge in [0.05, 0.1) is 18.6 Å². The average Bonchev–Trinajstić information content (AvgIpc) is 3.12. The van der Waals surface area contributed by atoms with E-state index in [2.05, 4.69) is 32.1 Å². The summed E-state index contributed by atoms with van der Waals surface area (Å²) in [6.07, 6.45) is 1.23. The third kappa shape index (κ3) is 4.55. The van der Waals surface area contributed by atoms with Gasteiger partial charge in [0, 0.05) is 30.1 Å². The molecule has 1 aromatic rings. The summed E-state index contributed by atoms with van der Waals surface area (Å²) >= 11 is 3.48. The van der Waals surface area contributed by atoms with Crippen molar-refractivity contribution in [3.63, 3.8) is 0 Å². The van der Waals surface area contributed by atoms with E-state index in [0.717, 1.165) is 22.9 Å². The Morgan fingerprint density at radius 2 is 2.12 bits per heavy atom. The third-order valence-corrected chi connectivity index (χ3v) is 5.39. The molecule has 2 amide bonds. The first-order valence-electron chi connectivity index (χ1n) is 9.04. The number of hydrogen-bond acceptors (Lipinski definition) is 5. The van der Waals surface area contributed by atoms with Crippen LogP contribution in [0.25, 0.3) is 0 Å². The van der Waals surface area contributed by atoms with Crippen LogP contribution >= 0.6 is 15.9 Å². The van der Waals surface area contributed by atoms with Gasteiger partial charge in [0.1, 0.15) is 0 Å². The maximum Gasteiger partial charge on any atom is 0.409 e. The van der Waals surface area contributed by atoms with E-state index in [1.807, 2.05) is 24.3 Å². The van der Waals surface area contributed by atoms with Gasteiger partial charge >= 0.3 is 6.09 Å². The Morgan fingerprint density at radius 3 is 2.81 bits per heavy atom. The number of hydrazine groups is 1. The molecule has 2 aliphatic rings. The maximum atomic E-state index is 12.8. The third-order valence-electron chi connectivity index (χ3n) is 4.89. The molecule has 2 atom stereocenters. The molecule has 8 heteroatoms. The van der Waals surface area contributed by atoms with Crippen LogP contribution in [-0.2, 0) is 9.53 Å². The molecule has 2 heterocycles. The summed E-state index contributed by atoms with van der Waals surface area (Å²) in [6.45, 7) is 4.00. The van der Waals surface area contributed by atoms with Gasteiger partial charge in [-0.1, -0.05) is 28.1 Å². The van der Waals surface area contributed by atoms with Gasteiger partial charge in [0.2, 0.25) is 5.91 Å². The Kier molecular flexibility index (Phi) is 6.50. The number of carbonyl (C=O) groups excluding carboxylic acids is 2. The van der Waals surface area contributed by atoms with E-state index in [0.29, 0.717) is 26.2 Å². The van der Waals surface area contributed by atoms with E-state index in [1.165, 1.54) is 0 Å². The van der Waals surface area contributed by atoms with Gasteiger partial charge in [-0.3, -0.25) is 10.2 Å². The molecule has 7 nitrogen and oxygen atoms in total. The van der Waals surface area contributed by atoms with Gasteiger partial charge < -0.3 is 15.0 Å². The lowest BCUT2D eigenvalue weighted by molar-refractivity contribution is -0.125. The number of carbonyl (C=O) groups is 2. The predicted octanol–water partition coefficient (Wildman–Crippen LogP) is 1.95. The molecule has 3 N–H and O–H groups in total. The molecule has 2 saturated heterocycles. The van der Waals surface area contributed by atoms with E-state index in [4.69, 9.17) is 4.74 Å². The molecular formula is C18H25BrN4O3. The maximum absolute atomic E-state index is 12.8. The van der Waals surface area contributed by atoms with Crippen LogP contribution in [0.1, 0.15) is 31.4 Å². The Balaban J connectivity index is 1.54. The van der Waals surface area contributed by atoms with Gasteiger partial charge in [0.25, 0.3) is 0 Å². The Hall–Kier alpha value is -1.64. The number of nitrogens with zero attached hydrogens (tertiary/aromatic N) is 1. The SMILES string of the molecule is CCOC(=O)N1CCC(NC(=O)C2CNNC2c2cccc(Br)c2)CC1. The zero-order chi connectivity index (χ0) is 18.5. The molecule has 0 aliphatic carbocycles. The Morgan fingerprint density at radius 1 is 1.35 bits per heavy atom. The summed E-state index contributed by atoms with van der Waals surface area (Å²) in [4.78, 5) is 26.3. The lowest BCUT2D eigenvalue weighted by atomic mass is 9.93. The molecule has 1 aromatic carbocycles. The molecule has 0 spiro atoms.